The van der Waals surface area contributed by atoms with Gasteiger partial charge in [0.15, 0.2) is 0 Å². The second kappa shape index (κ2) is 5.95. The van der Waals surface area contributed by atoms with Crippen molar-refractivity contribution in [1.82, 2.24) is 0 Å². The highest BCUT2D eigenvalue weighted by atomic mass is 35.5. The van der Waals surface area contributed by atoms with Gasteiger partial charge < -0.3 is 15.2 Å². The molecule has 1 aromatic carbocycles. The van der Waals surface area contributed by atoms with E-state index in [1.54, 1.807) is 6.92 Å². The molecular weight excluding hydrogens is 284 g/mol. The van der Waals surface area contributed by atoms with Crippen LogP contribution in [0, 0.1) is 17.0 Å². The van der Waals surface area contributed by atoms with Gasteiger partial charge in [0.05, 0.1) is 21.2 Å². The van der Waals surface area contributed by atoms with Crippen molar-refractivity contribution < 1.29 is 14.8 Å². The second-order valence-electron chi connectivity index (χ2n) is 5.07. The van der Waals surface area contributed by atoms with E-state index < -0.39 is 10.5 Å². The predicted octanol–water partition coefficient (Wildman–Crippen LogP) is 2.51. The first kappa shape index (κ1) is 15.0. The lowest BCUT2D eigenvalue weighted by molar-refractivity contribution is -0.384. The summed E-state index contributed by atoms with van der Waals surface area (Å²) >= 11 is 6.07. The van der Waals surface area contributed by atoms with Gasteiger partial charge in [-0.25, -0.2) is 0 Å². The molecule has 0 unspecified atom stereocenters. The molecule has 1 aliphatic heterocycles. The number of hydrogen-bond donors (Lipinski definition) is 2. The first-order chi connectivity index (χ1) is 9.41. The first-order valence-electron chi connectivity index (χ1n) is 6.40. The smallest absolute Gasteiger partial charge is 0.271 e. The number of nitro benzene ring substituents is 1. The quantitative estimate of drug-likeness (QED) is 0.659. The maximum absolute atomic E-state index is 10.7. The molecule has 0 atom stereocenters. The van der Waals surface area contributed by atoms with Gasteiger partial charge in [0.1, 0.15) is 0 Å². The SMILES string of the molecule is Cc1cc([N+](=O)[O-])cc(Cl)c1NCC1(O)CCOCC1. The van der Waals surface area contributed by atoms with Crippen molar-refractivity contribution in [3.05, 3.63) is 32.8 Å². The van der Waals surface area contributed by atoms with Crippen molar-refractivity contribution >= 4 is 23.0 Å². The molecule has 0 spiro atoms. The van der Waals surface area contributed by atoms with Crippen LogP contribution in [0.4, 0.5) is 11.4 Å². The molecule has 1 fully saturated rings. The monoisotopic (exact) mass is 300 g/mol. The van der Waals surface area contributed by atoms with Crippen molar-refractivity contribution in [1.29, 1.82) is 0 Å². The summed E-state index contributed by atoms with van der Waals surface area (Å²) in [5.41, 5.74) is 0.440. The summed E-state index contributed by atoms with van der Waals surface area (Å²) in [6, 6.07) is 2.77. The zero-order valence-corrected chi connectivity index (χ0v) is 11.9. The van der Waals surface area contributed by atoms with Crippen molar-refractivity contribution in [3.63, 3.8) is 0 Å². The molecule has 1 aliphatic rings. The Labute approximate surface area is 121 Å². The van der Waals surface area contributed by atoms with Gasteiger partial charge in [-0.15, -0.1) is 0 Å². The van der Waals surface area contributed by atoms with Gasteiger partial charge in [-0.2, -0.15) is 0 Å². The molecule has 2 rings (SSSR count). The van der Waals surface area contributed by atoms with Crippen molar-refractivity contribution in [2.24, 2.45) is 0 Å². The van der Waals surface area contributed by atoms with E-state index in [-0.39, 0.29) is 10.7 Å². The number of nitrogens with zero attached hydrogens (tertiary/aromatic N) is 1. The summed E-state index contributed by atoms with van der Waals surface area (Å²) < 4.78 is 5.22. The number of hydrogen-bond acceptors (Lipinski definition) is 5. The highest BCUT2D eigenvalue weighted by Crippen LogP contribution is 2.32. The first-order valence-corrected chi connectivity index (χ1v) is 6.78. The molecule has 0 saturated carbocycles. The Morgan fingerprint density at radius 3 is 2.70 bits per heavy atom. The lowest BCUT2D eigenvalue weighted by Crippen LogP contribution is -2.42. The highest BCUT2D eigenvalue weighted by molar-refractivity contribution is 6.33. The van der Waals surface area contributed by atoms with Gasteiger partial charge in [-0.1, -0.05) is 11.6 Å². The van der Waals surface area contributed by atoms with Crippen LogP contribution in [0.2, 0.25) is 5.02 Å². The number of halogens is 1. The van der Waals surface area contributed by atoms with Crippen molar-refractivity contribution in [2.75, 3.05) is 25.1 Å². The van der Waals surface area contributed by atoms with Crippen LogP contribution in [0.3, 0.4) is 0 Å². The van der Waals surface area contributed by atoms with E-state index in [0.717, 1.165) is 0 Å². The molecule has 0 aromatic heterocycles. The lowest BCUT2D eigenvalue weighted by Gasteiger charge is -2.32. The van der Waals surface area contributed by atoms with E-state index in [1.807, 2.05) is 0 Å². The summed E-state index contributed by atoms with van der Waals surface area (Å²) in [5, 5.41) is 24.5. The van der Waals surface area contributed by atoms with Crippen LogP contribution < -0.4 is 5.32 Å². The van der Waals surface area contributed by atoms with Crippen LogP contribution in [-0.2, 0) is 4.74 Å². The largest absolute Gasteiger partial charge is 0.388 e. The van der Waals surface area contributed by atoms with Gasteiger partial charge in [-0.05, 0) is 12.5 Å². The standard InChI is InChI=1S/C13H17ClN2O4/c1-9-6-10(16(18)19)7-11(14)12(9)15-8-13(17)2-4-20-5-3-13/h6-7,15,17H,2-5,8H2,1H3. The van der Waals surface area contributed by atoms with Crippen LogP contribution in [0.25, 0.3) is 0 Å². The zero-order chi connectivity index (χ0) is 14.8. The Bertz CT molecular complexity index is 492. The summed E-state index contributed by atoms with van der Waals surface area (Å²) in [6.45, 7) is 3.15. The van der Waals surface area contributed by atoms with E-state index in [9.17, 15) is 15.2 Å². The van der Waals surface area contributed by atoms with Gasteiger partial charge in [0, 0.05) is 44.7 Å². The van der Waals surface area contributed by atoms with Crippen LogP contribution in [0.1, 0.15) is 18.4 Å². The molecule has 1 aromatic rings. The van der Waals surface area contributed by atoms with Crippen molar-refractivity contribution in [3.8, 4) is 0 Å². The number of non-ortho nitro benzene ring substituents is 1. The van der Waals surface area contributed by atoms with Crippen LogP contribution in [0.5, 0.6) is 0 Å². The minimum absolute atomic E-state index is 0.0390. The minimum atomic E-state index is -0.824. The number of anilines is 1. The number of benzene rings is 1. The summed E-state index contributed by atoms with van der Waals surface area (Å²) in [5.74, 6) is 0. The average Bonchev–Trinajstić information content (AvgIpc) is 2.38. The van der Waals surface area contributed by atoms with Gasteiger partial charge in [0.2, 0.25) is 0 Å². The summed E-state index contributed by atoms with van der Waals surface area (Å²) in [6.07, 6.45) is 1.12. The van der Waals surface area contributed by atoms with E-state index in [1.165, 1.54) is 12.1 Å². The van der Waals surface area contributed by atoms with E-state index >= 15 is 0 Å². The minimum Gasteiger partial charge on any atom is -0.388 e. The molecule has 20 heavy (non-hydrogen) atoms. The second-order valence-corrected chi connectivity index (χ2v) is 5.47. The lowest BCUT2D eigenvalue weighted by atomic mass is 9.94. The molecule has 0 amide bonds. The molecule has 7 heteroatoms. The molecular formula is C13H17ClN2O4. The third-order valence-corrected chi connectivity index (χ3v) is 3.80. The maximum Gasteiger partial charge on any atom is 0.271 e. The number of aryl methyl sites for hydroxylation is 1. The number of nitrogens with one attached hydrogen (secondary N) is 1. The Morgan fingerprint density at radius 2 is 2.15 bits per heavy atom. The van der Waals surface area contributed by atoms with Crippen LogP contribution >= 0.6 is 11.6 Å². The number of ether oxygens (including phenoxy) is 1. The molecule has 2 N–H and O–H groups in total. The Balaban J connectivity index is 2.11. The van der Waals surface area contributed by atoms with E-state index in [4.69, 9.17) is 16.3 Å². The topological polar surface area (TPSA) is 84.6 Å². The molecule has 1 heterocycles. The average molecular weight is 301 g/mol. The van der Waals surface area contributed by atoms with E-state index in [2.05, 4.69) is 5.32 Å². The normalized spacial score (nSPS) is 17.8. The summed E-state index contributed by atoms with van der Waals surface area (Å²) in [4.78, 5) is 10.3. The summed E-state index contributed by atoms with van der Waals surface area (Å²) in [7, 11) is 0. The molecule has 1 saturated heterocycles. The van der Waals surface area contributed by atoms with Gasteiger partial charge >= 0.3 is 0 Å². The molecule has 0 radical (unpaired) electrons. The molecule has 6 nitrogen and oxygen atoms in total. The molecule has 110 valence electrons. The maximum atomic E-state index is 10.7. The Morgan fingerprint density at radius 1 is 1.50 bits per heavy atom. The Kier molecular flexibility index (Phi) is 4.47. The van der Waals surface area contributed by atoms with Gasteiger partial charge in [-0.3, -0.25) is 10.1 Å². The van der Waals surface area contributed by atoms with Crippen LogP contribution in [-0.4, -0.2) is 35.4 Å². The number of nitro groups is 1. The fourth-order valence-corrected chi connectivity index (χ4v) is 2.56. The van der Waals surface area contributed by atoms with Gasteiger partial charge in [0.25, 0.3) is 5.69 Å². The Hall–Kier alpha value is -1.37. The fraction of sp³-hybridized carbons (Fsp3) is 0.538. The third kappa shape index (κ3) is 3.39. The third-order valence-electron chi connectivity index (χ3n) is 3.50. The van der Waals surface area contributed by atoms with Crippen molar-refractivity contribution in [2.45, 2.75) is 25.4 Å². The molecule has 0 aliphatic carbocycles. The fourth-order valence-electron chi connectivity index (χ4n) is 2.24. The van der Waals surface area contributed by atoms with E-state index in [0.29, 0.717) is 43.9 Å². The number of aliphatic hydroxyl groups is 1. The number of rotatable bonds is 4. The predicted molar refractivity (Wildman–Crippen MR) is 76.3 cm³/mol. The van der Waals surface area contributed by atoms with Crippen LogP contribution in [0.15, 0.2) is 12.1 Å². The molecule has 0 bridgehead atoms. The zero-order valence-electron chi connectivity index (χ0n) is 11.2. The highest BCUT2D eigenvalue weighted by Gasteiger charge is 2.30.